The van der Waals surface area contributed by atoms with E-state index in [-0.39, 0.29) is 5.02 Å². The number of hydrogen-bond donors (Lipinski definition) is 1. The molecule has 1 heterocycles. The predicted molar refractivity (Wildman–Crippen MR) is 83.1 cm³/mol. The fourth-order valence-electron chi connectivity index (χ4n) is 2.08. The summed E-state index contributed by atoms with van der Waals surface area (Å²) in [6, 6.07) is 12.4. The van der Waals surface area contributed by atoms with E-state index in [9.17, 15) is 4.39 Å². The van der Waals surface area contributed by atoms with Gasteiger partial charge in [0.15, 0.2) is 0 Å². The molecule has 106 valence electrons. The van der Waals surface area contributed by atoms with Gasteiger partial charge in [-0.1, -0.05) is 29.3 Å². The van der Waals surface area contributed by atoms with Crippen LogP contribution in [-0.2, 0) is 0 Å². The maximum atomic E-state index is 13.2. The van der Waals surface area contributed by atoms with Gasteiger partial charge in [0.25, 0.3) is 0 Å². The van der Waals surface area contributed by atoms with Crippen molar-refractivity contribution in [1.29, 1.82) is 0 Å². The molecule has 0 saturated heterocycles. The second kappa shape index (κ2) is 5.22. The van der Waals surface area contributed by atoms with Gasteiger partial charge < -0.3 is 5.73 Å². The summed E-state index contributed by atoms with van der Waals surface area (Å²) < 4.78 is 14.9. The summed E-state index contributed by atoms with van der Waals surface area (Å²) in [4.78, 5) is 0. The zero-order chi connectivity index (χ0) is 15.0. The van der Waals surface area contributed by atoms with Gasteiger partial charge in [-0.25, -0.2) is 9.07 Å². The first kappa shape index (κ1) is 13.6. The van der Waals surface area contributed by atoms with E-state index in [1.807, 2.05) is 31.2 Å². The first-order valence-corrected chi connectivity index (χ1v) is 6.80. The van der Waals surface area contributed by atoms with Crippen LogP contribution in [0.25, 0.3) is 16.9 Å². The highest BCUT2D eigenvalue weighted by molar-refractivity contribution is 6.31. The number of nitrogens with two attached hydrogens (primary N) is 1. The van der Waals surface area contributed by atoms with Gasteiger partial charge in [-0.05, 0) is 37.3 Å². The van der Waals surface area contributed by atoms with Crippen LogP contribution in [0.15, 0.2) is 48.7 Å². The minimum atomic E-state index is -0.461. The summed E-state index contributed by atoms with van der Waals surface area (Å²) in [6.45, 7) is 2.02. The van der Waals surface area contributed by atoms with Crippen molar-refractivity contribution < 1.29 is 4.39 Å². The van der Waals surface area contributed by atoms with Crippen LogP contribution < -0.4 is 5.73 Å². The fourth-order valence-corrected chi connectivity index (χ4v) is 2.27. The van der Waals surface area contributed by atoms with Gasteiger partial charge in [0.2, 0.25) is 0 Å². The Kier molecular flexibility index (Phi) is 3.39. The third-order valence-corrected chi connectivity index (χ3v) is 3.52. The molecule has 21 heavy (non-hydrogen) atoms. The van der Waals surface area contributed by atoms with Crippen LogP contribution in [0.3, 0.4) is 0 Å². The van der Waals surface area contributed by atoms with Gasteiger partial charge in [0.1, 0.15) is 11.5 Å². The number of aromatic nitrogens is 2. The summed E-state index contributed by atoms with van der Waals surface area (Å²) >= 11 is 5.81. The second-order valence-corrected chi connectivity index (χ2v) is 5.25. The molecule has 3 rings (SSSR count). The van der Waals surface area contributed by atoms with Crippen molar-refractivity contribution in [2.75, 3.05) is 5.73 Å². The Morgan fingerprint density at radius 2 is 1.86 bits per heavy atom. The molecule has 0 bridgehead atoms. The number of nitrogen functional groups attached to an aromatic ring is 1. The van der Waals surface area contributed by atoms with Crippen molar-refractivity contribution in [2.24, 2.45) is 0 Å². The van der Waals surface area contributed by atoms with Crippen LogP contribution in [0.4, 0.5) is 10.1 Å². The molecule has 2 N–H and O–H groups in total. The van der Waals surface area contributed by atoms with Crippen molar-refractivity contribution in [2.45, 2.75) is 6.92 Å². The highest BCUT2D eigenvalue weighted by Crippen LogP contribution is 2.28. The molecule has 5 heteroatoms. The lowest BCUT2D eigenvalue weighted by molar-refractivity contribution is 0.628. The van der Waals surface area contributed by atoms with Crippen LogP contribution in [-0.4, -0.2) is 9.78 Å². The zero-order valence-electron chi connectivity index (χ0n) is 11.3. The van der Waals surface area contributed by atoms with Gasteiger partial charge >= 0.3 is 0 Å². The number of rotatable bonds is 2. The van der Waals surface area contributed by atoms with Crippen molar-refractivity contribution in [3.63, 3.8) is 0 Å². The lowest BCUT2D eigenvalue weighted by Crippen LogP contribution is -1.94. The summed E-state index contributed by atoms with van der Waals surface area (Å²) in [6.07, 6.45) is 1.73. The molecule has 0 aliphatic carbocycles. The molecule has 0 saturated carbocycles. The highest BCUT2D eigenvalue weighted by Gasteiger charge is 2.11. The van der Waals surface area contributed by atoms with Crippen molar-refractivity contribution in [1.82, 2.24) is 9.78 Å². The first-order valence-electron chi connectivity index (χ1n) is 6.42. The average Bonchev–Trinajstić information content (AvgIpc) is 2.85. The summed E-state index contributed by atoms with van der Waals surface area (Å²) in [5, 5.41) is 4.51. The second-order valence-electron chi connectivity index (χ2n) is 4.84. The molecular formula is C16H13ClFN3. The van der Waals surface area contributed by atoms with Gasteiger partial charge in [-0.3, -0.25) is 0 Å². The normalized spacial score (nSPS) is 10.8. The van der Waals surface area contributed by atoms with Crippen LogP contribution >= 0.6 is 11.6 Å². The molecule has 0 radical (unpaired) electrons. The SMILES string of the molecule is Cc1ccc(-n2cc(N)c(-c3ccc(F)c(Cl)c3)n2)cc1. The third-order valence-electron chi connectivity index (χ3n) is 3.23. The number of benzene rings is 2. The summed E-state index contributed by atoms with van der Waals surface area (Å²) in [5.41, 5.74) is 9.87. The number of nitrogens with zero attached hydrogens (tertiary/aromatic N) is 2. The Balaban J connectivity index is 2.05. The van der Waals surface area contributed by atoms with Gasteiger partial charge in [-0.15, -0.1) is 0 Å². The maximum Gasteiger partial charge on any atom is 0.141 e. The Hall–Kier alpha value is -2.33. The van der Waals surface area contributed by atoms with E-state index >= 15 is 0 Å². The van der Waals surface area contributed by atoms with Crippen molar-refractivity contribution in [3.05, 3.63) is 65.1 Å². The fraction of sp³-hybridized carbons (Fsp3) is 0.0625. The number of halogens is 2. The van der Waals surface area contributed by atoms with E-state index in [0.717, 1.165) is 5.69 Å². The van der Waals surface area contributed by atoms with Gasteiger partial charge in [-0.2, -0.15) is 5.10 Å². The van der Waals surface area contributed by atoms with Crippen molar-refractivity contribution in [3.8, 4) is 16.9 Å². The quantitative estimate of drug-likeness (QED) is 0.770. The molecule has 0 fully saturated rings. The van der Waals surface area contributed by atoms with Crippen LogP contribution in [0.5, 0.6) is 0 Å². The van der Waals surface area contributed by atoms with Gasteiger partial charge in [0.05, 0.1) is 22.6 Å². The molecule has 0 spiro atoms. The van der Waals surface area contributed by atoms with Gasteiger partial charge in [0, 0.05) is 5.56 Å². The smallest absolute Gasteiger partial charge is 0.141 e. The van der Waals surface area contributed by atoms with E-state index in [1.165, 1.54) is 17.7 Å². The standard InChI is InChI=1S/C16H13ClFN3/c1-10-2-5-12(6-3-10)21-9-15(19)16(20-21)11-4-7-14(18)13(17)8-11/h2-9H,19H2,1H3. The molecule has 2 aromatic carbocycles. The molecule has 0 unspecified atom stereocenters. The molecule has 0 amide bonds. The molecule has 3 nitrogen and oxygen atoms in total. The van der Waals surface area contributed by atoms with Crippen LogP contribution in [0.1, 0.15) is 5.56 Å². The average molecular weight is 302 g/mol. The summed E-state index contributed by atoms with van der Waals surface area (Å²) in [5.74, 6) is -0.461. The minimum Gasteiger partial charge on any atom is -0.396 e. The van der Waals surface area contributed by atoms with E-state index < -0.39 is 5.82 Å². The van der Waals surface area contributed by atoms with Crippen LogP contribution in [0.2, 0.25) is 5.02 Å². The largest absolute Gasteiger partial charge is 0.396 e. The number of aryl methyl sites for hydroxylation is 1. The van der Waals surface area contributed by atoms with Crippen molar-refractivity contribution >= 4 is 17.3 Å². The van der Waals surface area contributed by atoms with E-state index in [2.05, 4.69) is 5.10 Å². The molecule has 1 aromatic heterocycles. The number of anilines is 1. The molecule has 0 atom stereocenters. The Labute approximate surface area is 126 Å². The Morgan fingerprint density at radius 1 is 1.14 bits per heavy atom. The van der Waals surface area contributed by atoms with Crippen LogP contribution in [0, 0.1) is 12.7 Å². The molecular weight excluding hydrogens is 289 g/mol. The molecule has 3 aromatic rings. The third kappa shape index (κ3) is 2.62. The monoisotopic (exact) mass is 301 g/mol. The molecule has 0 aliphatic rings. The number of hydrogen-bond acceptors (Lipinski definition) is 2. The molecule has 0 aliphatic heterocycles. The Bertz CT molecular complexity index is 794. The lowest BCUT2D eigenvalue weighted by Gasteiger charge is -2.02. The summed E-state index contributed by atoms with van der Waals surface area (Å²) in [7, 11) is 0. The minimum absolute atomic E-state index is 0.0526. The van der Waals surface area contributed by atoms with E-state index in [1.54, 1.807) is 16.9 Å². The first-order chi connectivity index (χ1) is 10.0. The predicted octanol–water partition coefficient (Wildman–Crippen LogP) is 4.22. The highest BCUT2D eigenvalue weighted by atomic mass is 35.5. The zero-order valence-corrected chi connectivity index (χ0v) is 12.1. The topological polar surface area (TPSA) is 43.8 Å². The Morgan fingerprint density at radius 3 is 2.52 bits per heavy atom. The van der Waals surface area contributed by atoms with E-state index in [0.29, 0.717) is 16.9 Å². The maximum absolute atomic E-state index is 13.2. The lowest BCUT2D eigenvalue weighted by atomic mass is 10.1. The van der Waals surface area contributed by atoms with E-state index in [4.69, 9.17) is 17.3 Å².